The number of rotatable bonds is 4. The van der Waals surface area contributed by atoms with Crippen LogP contribution in [0.25, 0.3) is 0 Å². The van der Waals surface area contributed by atoms with Gasteiger partial charge in [0.25, 0.3) is 5.91 Å². The van der Waals surface area contributed by atoms with E-state index in [1.165, 1.54) is 25.3 Å². The number of urea groups is 1. The van der Waals surface area contributed by atoms with Gasteiger partial charge in [-0.15, -0.1) is 0 Å². The van der Waals surface area contributed by atoms with Crippen LogP contribution in [0.3, 0.4) is 0 Å². The number of carbonyl (C=O) groups is 2. The summed E-state index contributed by atoms with van der Waals surface area (Å²) in [4.78, 5) is 24.8. The second kappa shape index (κ2) is 7.26. The molecule has 1 heterocycles. The van der Waals surface area contributed by atoms with E-state index < -0.39 is 23.8 Å². The van der Waals surface area contributed by atoms with Crippen molar-refractivity contribution in [3.63, 3.8) is 0 Å². The number of carbonyl (C=O) groups excluding carboxylic acids is 2. The Hall–Kier alpha value is -3.35. The normalized spacial score (nSPS) is 16.6. The summed E-state index contributed by atoms with van der Waals surface area (Å²) < 4.78 is 19.2. The first-order valence-electron chi connectivity index (χ1n) is 7.98. The number of anilines is 1. The maximum atomic E-state index is 13.9. The minimum absolute atomic E-state index is 0.0634. The lowest BCUT2D eigenvalue weighted by atomic mass is 9.94. The molecule has 0 radical (unpaired) electrons. The van der Waals surface area contributed by atoms with E-state index in [1.54, 1.807) is 37.3 Å². The number of halogens is 1. The molecule has 0 aliphatic carbocycles. The first-order valence-corrected chi connectivity index (χ1v) is 7.98. The summed E-state index contributed by atoms with van der Waals surface area (Å²) in [5.74, 6) is -0.527. The number of benzene rings is 2. The molecular formula is C19H18FN3O3. The van der Waals surface area contributed by atoms with Crippen molar-refractivity contribution in [1.29, 1.82) is 0 Å². The zero-order valence-corrected chi connectivity index (χ0v) is 14.3. The fraction of sp³-hybridized carbons (Fsp3) is 0.158. The molecule has 1 aliphatic heterocycles. The van der Waals surface area contributed by atoms with E-state index in [9.17, 15) is 14.0 Å². The number of para-hydroxylation sites is 2. The molecule has 1 atom stereocenters. The van der Waals surface area contributed by atoms with Gasteiger partial charge in [-0.2, -0.15) is 0 Å². The van der Waals surface area contributed by atoms with Crippen LogP contribution in [0.4, 0.5) is 14.9 Å². The summed E-state index contributed by atoms with van der Waals surface area (Å²) in [5, 5.41) is 7.87. The molecule has 2 aromatic carbocycles. The zero-order valence-electron chi connectivity index (χ0n) is 14.3. The first-order chi connectivity index (χ1) is 12.5. The van der Waals surface area contributed by atoms with Crippen molar-refractivity contribution in [1.82, 2.24) is 10.6 Å². The van der Waals surface area contributed by atoms with Crippen LogP contribution in [-0.4, -0.2) is 19.0 Å². The maximum absolute atomic E-state index is 13.9. The van der Waals surface area contributed by atoms with Crippen LogP contribution in [-0.2, 0) is 4.79 Å². The highest BCUT2D eigenvalue weighted by Crippen LogP contribution is 2.33. The minimum atomic E-state index is -0.730. The van der Waals surface area contributed by atoms with Gasteiger partial charge < -0.3 is 20.7 Å². The highest BCUT2D eigenvalue weighted by molar-refractivity contribution is 6.06. The Morgan fingerprint density at radius 1 is 1.15 bits per heavy atom. The van der Waals surface area contributed by atoms with Crippen molar-refractivity contribution in [2.75, 3.05) is 12.4 Å². The number of ether oxygens (including phenoxy) is 1. The molecular weight excluding hydrogens is 337 g/mol. The number of hydrogen-bond donors (Lipinski definition) is 3. The summed E-state index contributed by atoms with van der Waals surface area (Å²) in [5.41, 5.74) is 1.35. The second-order valence-electron chi connectivity index (χ2n) is 5.75. The van der Waals surface area contributed by atoms with Crippen molar-refractivity contribution in [3.8, 4) is 5.75 Å². The van der Waals surface area contributed by atoms with E-state index in [0.717, 1.165) is 0 Å². The predicted molar refractivity (Wildman–Crippen MR) is 95.1 cm³/mol. The van der Waals surface area contributed by atoms with Crippen molar-refractivity contribution in [3.05, 3.63) is 71.2 Å². The van der Waals surface area contributed by atoms with E-state index in [0.29, 0.717) is 17.0 Å². The van der Waals surface area contributed by atoms with Gasteiger partial charge in [0.15, 0.2) is 0 Å². The third kappa shape index (κ3) is 3.37. The average molecular weight is 355 g/mol. The second-order valence-corrected chi connectivity index (χ2v) is 5.75. The Labute approximate surface area is 150 Å². The summed E-state index contributed by atoms with van der Waals surface area (Å²) in [6.45, 7) is 1.62. The van der Waals surface area contributed by atoms with Crippen LogP contribution in [0, 0.1) is 5.82 Å². The van der Waals surface area contributed by atoms with Crippen LogP contribution >= 0.6 is 0 Å². The molecule has 0 fully saturated rings. The number of hydrogen-bond acceptors (Lipinski definition) is 3. The van der Waals surface area contributed by atoms with Gasteiger partial charge >= 0.3 is 6.03 Å². The Balaban J connectivity index is 2.01. The first kappa shape index (κ1) is 17.5. The van der Waals surface area contributed by atoms with E-state index in [-0.39, 0.29) is 11.3 Å². The quantitative estimate of drug-likeness (QED) is 0.788. The summed E-state index contributed by atoms with van der Waals surface area (Å²) >= 11 is 0. The molecule has 3 rings (SSSR count). The molecule has 0 saturated carbocycles. The molecule has 0 spiro atoms. The van der Waals surface area contributed by atoms with Crippen molar-refractivity contribution in [2.24, 2.45) is 0 Å². The van der Waals surface area contributed by atoms with Crippen LogP contribution < -0.4 is 20.7 Å². The van der Waals surface area contributed by atoms with Crippen molar-refractivity contribution >= 4 is 17.6 Å². The standard InChI is InChI=1S/C19H18FN3O3/c1-11-16(18(24)22-14-9-5-4-8-13(14)20)17(23-19(25)21-11)12-7-3-6-10-15(12)26-2/h3-10,17H,1-2H3,(H,22,24)(H2,21,23,25)/t17-/m0/s1. The lowest BCUT2D eigenvalue weighted by Crippen LogP contribution is -2.46. The van der Waals surface area contributed by atoms with Crippen LogP contribution in [0.1, 0.15) is 18.5 Å². The number of amides is 3. The topological polar surface area (TPSA) is 79.5 Å². The monoisotopic (exact) mass is 355 g/mol. The zero-order chi connectivity index (χ0) is 18.7. The van der Waals surface area contributed by atoms with E-state index >= 15 is 0 Å². The van der Waals surface area contributed by atoms with Gasteiger partial charge in [-0.1, -0.05) is 30.3 Å². The molecule has 0 unspecified atom stereocenters. The molecule has 0 aromatic heterocycles. The SMILES string of the molecule is COc1ccccc1[C@@H]1NC(=O)NC(C)=C1C(=O)Nc1ccccc1F. The van der Waals surface area contributed by atoms with Gasteiger partial charge in [0, 0.05) is 11.3 Å². The molecule has 134 valence electrons. The fourth-order valence-corrected chi connectivity index (χ4v) is 2.89. The number of nitrogens with one attached hydrogen (secondary N) is 3. The fourth-order valence-electron chi connectivity index (χ4n) is 2.89. The Kier molecular flexibility index (Phi) is 4.88. The minimum Gasteiger partial charge on any atom is -0.496 e. The van der Waals surface area contributed by atoms with Gasteiger partial charge in [-0.05, 0) is 25.1 Å². The van der Waals surface area contributed by atoms with Gasteiger partial charge in [-0.3, -0.25) is 4.79 Å². The number of allylic oxidation sites excluding steroid dienone is 1. The van der Waals surface area contributed by atoms with Gasteiger partial charge in [0.05, 0.1) is 24.4 Å². The molecule has 3 N–H and O–H groups in total. The Bertz CT molecular complexity index is 895. The van der Waals surface area contributed by atoms with E-state index in [2.05, 4.69) is 16.0 Å². The lowest BCUT2D eigenvalue weighted by Gasteiger charge is -2.29. The number of methoxy groups -OCH3 is 1. The summed E-state index contributed by atoms with van der Waals surface area (Å²) in [7, 11) is 1.51. The molecule has 3 amide bonds. The Morgan fingerprint density at radius 2 is 1.85 bits per heavy atom. The van der Waals surface area contributed by atoms with Crippen LogP contribution in [0.2, 0.25) is 0 Å². The third-order valence-electron chi connectivity index (χ3n) is 4.09. The Morgan fingerprint density at radius 3 is 2.58 bits per heavy atom. The van der Waals surface area contributed by atoms with Crippen LogP contribution in [0.5, 0.6) is 5.75 Å². The molecule has 6 nitrogen and oxygen atoms in total. The smallest absolute Gasteiger partial charge is 0.319 e. The van der Waals surface area contributed by atoms with Crippen LogP contribution in [0.15, 0.2) is 59.8 Å². The van der Waals surface area contributed by atoms with E-state index in [4.69, 9.17) is 4.74 Å². The van der Waals surface area contributed by atoms with Gasteiger partial charge in [0.1, 0.15) is 11.6 Å². The molecule has 26 heavy (non-hydrogen) atoms. The molecule has 1 aliphatic rings. The maximum Gasteiger partial charge on any atom is 0.319 e. The lowest BCUT2D eigenvalue weighted by molar-refractivity contribution is -0.113. The van der Waals surface area contributed by atoms with Gasteiger partial charge in [0.2, 0.25) is 0 Å². The molecule has 0 saturated heterocycles. The summed E-state index contributed by atoms with van der Waals surface area (Å²) in [6, 6.07) is 11.8. The average Bonchev–Trinajstić information content (AvgIpc) is 2.62. The predicted octanol–water partition coefficient (Wildman–Crippen LogP) is 3.10. The van der Waals surface area contributed by atoms with Crippen molar-refractivity contribution < 1.29 is 18.7 Å². The largest absolute Gasteiger partial charge is 0.496 e. The van der Waals surface area contributed by atoms with E-state index in [1.807, 2.05) is 0 Å². The summed E-state index contributed by atoms with van der Waals surface area (Å²) in [6.07, 6.45) is 0. The highest BCUT2D eigenvalue weighted by Gasteiger charge is 2.33. The highest BCUT2D eigenvalue weighted by atomic mass is 19.1. The molecule has 2 aromatic rings. The van der Waals surface area contributed by atoms with Gasteiger partial charge in [-0.25, -0.2) is 9.18 Å². The third-order valence-corrected chi connectivity index (χ3v) is 4.09. The molecule has 0 bridgehead atoms. The van der Waals surface area contributed by atoms with Crippen molar-refractivity contribution in [2.45, 2.75) is 13.0 Å². The molecule has 7 heteroatoms.